The monoisotopic (exact) mass is 466 g/mol. The van der Waals surface area contributed by atoms with Crippen LogP contribution >= 0.6 is 22.9 Å². The molecule has 0 aliphatic carbocycles. The van der Waals surface area contributed by atoms with E-state index < -0.39 is 11.9 Å². The van der Waals surface area contributed by atoms with E-state index in [2.05, 4.69) is 4.98 Å². The lowest BCUT2D eigenvalue weighted by atomic mass is 9.97. The number of para-hydroxylation sites is 1. The van der Waals surface area contributed by atoms with Gasteiger partial charge in [-0.3, -0.25) is 14.5 Å². The molecule has 162 valence electrons. The lowest BCUT2D eigenvalue weighted by Crippen LogP contribution is -2.29. The van der Waals surface area contributed by atoms with E-state index in [1.165, 1.54) is 16.2 Å². The Morgan fingerprint density at radius 1 is 1.16 bits per heavy atom. The Labute approximate surface area is 193 Å². The van der Waals surface area contributed by atoms with Gasteiger partial charge in [0.25, 0.3) is 5.91 Å². The number of rotatable bonds is 3. The molecule has 0 saturated heterocycles. The van der Waals surface area contributed by atoms with E-state index in [4.69, 9.17) is 20.8 Å². The lowest BCUT2D eigenvalue weighted by Gasteiger charge is -2.24. The minimum absolute atomic E-state index is 0.0191. The minimum atomic E-state index is -0.737. The zero-order valence-electron chi connectivity index (χ0n) is 17.9. The predicted octanol–water partition coefficient (Wildman–Crippen LogP) is 5.59. The van der Waals surface area contributed by atoms with Gasteiger partial charge in [0.2, 0.25) is 5.76 Å². The molecule has 3 heterocycles. The summed E-state index contributed by atoms with van der Waals surface area (Å²) in [7, 11) is 1.56. The maximum atomic E-state index is 13.7. The topological polar surface area (TPSA) is 72.6 Å². The van der Waals surface area contributed by atoms with E-state index >= 15 is 0 Å². The third-order valence-corrected chi connectivity index (χ3v) is 7.29. The van der Waals surface area contributed by atoms with Crippen LogP contribution in [0.2, 0.25) is 5.02 Å². The van der Waals surface area contributed by atoms with Gasteiger partial charge >= 0.3 is 0 Å². The highest BCUT2D eigenvalue weighted by molar-refractivity contribution is 7.15. The summed E-state index contributed by atoms with van der Waals surface area (Å²) in [5.74, 6) is 0.177. The highest BCUT2D eigenvalue weighted by Crippen LogP contribution is 2.45. The first-order chi connectivity index (χ1) is 15.3. The molecule has 0 bridgehead atoms. The van der Waals surface area contributed by atoms with E-state index in [0.29, 0.717) is 32.4 Å². The molecule has 0 N–H and O–H groups in total. The van der Waals surface area contributed by atoms with Gasteiger partial charge in [0.1, 0.15) is 17.4 Å². The van der Waals surface area contributed by atoms with Crippen molar-refractivity contribution in [2.24, 2.45) is 0 Å². The fraction of sp³-hybridized carbons (Fsp3) is 0.208. The Morgan fingerprint density at radius 3 is 2.59 bits per heavy atom. The second kappa shape index (κ2) is 7.46. The van der Waals surface area contributed by atoms with Gasteiger partial charge in [-0.05, 0) is 44.5 Å². The summed E-state index contributed by atoms with van der Waals surface area (Å²) < 4.78 is 11.6. The van der Waals surface area contributed by atoms with Crippen LogP contribution in [-0.2, 0) is 0 Å². The molecule has 1 atom stereocenters. The van der Waals surface area contributed by atoms with E-state index in [1.807, 2.05) is 39.0 Å². The second-order valence-electron chi connectivity index (χ2n) is 7.73. The van der Waals surface area contributed by atoms with Gasteiger partial charge in [0.05, 0.1) is 23.8 Å². The summed E-state index contributed by atoms with van der Waals surface area (Å²) in [4.78, 5) is 34.5. The summed E-state index contributed by atoms with van der Waals surface area (Å²) in [5, 5.41) is 1.30. The molecule has 2 aromatic carbocycles. The van der Waals surface area contributed by atoms with E-state index in [1.54, 1.807) is 25.3 Å². The highest BCUT2D eigenvalue weighted by atomic mass is 35.5. The van der Waals surface area contributed by atoms with Crippen molar-refractivity contribution in [2.45, 2.75) is 26.8 Å². The number of methoxy groups -OCH3 is 1. The van der Waals surface area contributed by atoms with Crippen LogP contribution in [-0.4, -0.2) is 18.0 Å². The average Bonchev–Trinajstić information content (AvgIpc) is 3.25. The predicted molar refractivity (Wildman–Crippen MR) is 125 cm³/mol. The van der Waals surface area contributed by atoms with Crippen LogP contribution in [0.5, 0.6) is 5.75 Å². The number of halogens is 1. The fourth-order valence-corrected chi connectivity index (χ4v) is 5.14. The molecule has 1 aliphatic heterocycles. The second-order valence-corrected chi connectivity index (χ2v) is 9.32. The number of aryl methyl sites for hydroxylation is 3. The number of benzene rings is 2. The van der Waals surface area contributed by atoms with Gasteiger partial charge in [-0.2, -0.15) is 0 Å². The lowest BCUT2D eigenvalue weighted by molar-refractivity contribution is 0.0970. The van der Waals surface area contributed by atoms with Crippen LogP contribution in [0.4, 0.5) is 5.13 Å². The SMILES string of the molecule is COc1ccccc1C1c2c(oc3cc(C)c(Cl)cc3c2=O)C(=O)N1c1nc(C)c(C)s1. The Bertz CT molecular complexity index is 1450. The molecule has 2 aromatic heterocycles. The van der Waals surface area contributed by atoms with Gasteiger partial charge in [0.15, 0.2) is 10.6 Å². The molecule has 32 heavy (non-hydrogen) atoms. The number of ether oxygens (including phenoxy) is 1. The zero-order valence-corrected chi connectivity index (χ0v) is 19.4. The minimum Gasteiger partial charge on any atom is -0.496 e. The van der Waals surface area contributed by atoms with Gasteiger partial charge < -0.3 is 9.15 Å². The molecule has 0 saturated carbocycles. The number of carbonyl (C=O) groups excluding carboxylic acids is 1. The van der Waals surface area contributed by atoms with E-state index in [0.717, 1.165) is 16.1 Å². The van der Waals surface area contributed by atoms with Crippen molar-refractivity contribution in [1.29, 1.82) is 0 Å². The van der Waals surface area contributed by atoms with Crippen LogP contribution in [0.3, 0.4) is 0 Å². The third-order valence-electron chi connectivity index (χ3n) is 5.81. The number of aromatic nitrogens is 1. The molecule has 0 fully saturated rings. The third kappa shape index (κ3) is 2.96. The van der Waals surface area contributed by atoms with Crippen molar-refractivity contribution in [3.63, 3.8) is 0 Å². The Morgan fingerprint density at radius 2 is 1.91 bits per heavy atom. The fourth-order valence-electron chi connectivity index (χ4n) is 4.04. The molecule has 0 spiro atoms. The number of hydrogen-bond acceptors (Lipinski definition) is 6. The molecule has 1 amide bonds. The van der Waals surface area contributed by atoms with Crippen molar-refractivity contribution in [2.75, 3.05) is 12.0 Å². The van der Waals surface area contributed by atoms with E-state index in [-0.39, 0.29) is 16.8 Å². The van der Waals surface area contributed by atoms with Crippen LogP contribution in [0.15, 0.2) is 45.6 Å². The average molecular weight is 467 g/mol. The van der Waals surface area contributed by atoms with Gasteiger partial charge in [-0.25, -0.2) is 4.98 Å². The summed E-state index contributed by atoms with van der Waals surface area (Å²) in [6.07, 6.45) is 0. The number of anilines is 1. The molecule has 5 rings (SSSR count). The van der Waals surface area contributed by atoms with E-state index in [9.17, 15) is 9.59 Å². The van der Waals surface area contributed by atoms with Crippen LogP contribution in [0, 0.1) is 20.8 Å². The smallest absolute Gasteiger partial charge is 0.297 e. The largest absolute Gasteiger partial charge is 0.496 e. The first-order valence-electron chi connectivity index (χ1n) is 9.99. The maximum absolute atomic E-state index is 13.7. The number of thiazole rings is 1. The van der Waals surface area contributed by atoms with Gasteiger partial charge in [-0.1, -0.05) is 29.8 Å². The first-order valence-corrected chi connectivity index (χ1v) is 11.2. The summed E-state index contributed by atoms with van der Waals surface area (Å²) >= 11 is 7.70. The molecule has 8 heteroatoms. The van der Waals surface area contributed by atoms with Gasteiger partial charge in [-0.15, -0.1) is 11.3 Å². The molecule has 1 aliphatic rings. The Kier molecular flexibility index (Phi) is 4.83. The van der Waals surface area contributed by atoms with Crippen molar-refractivity contribution >= 4 is 44.9 Å². The van der Waals surface area contributed by atoms with Crippen molar-refractivity contribution < 1.29 is 13.9 Å². The zero-order chi connectivity index (χ0) is 22.7. The van der Waals surface area contributed by atoms with Crippen LogP contribution in [0.1, 0.15) is 43.9 Å². The number of hydrogen-bond donors (Lipinski definition) is 0. The molecular formula is C24H19ClN2O4S. The quantitative estimate of drug-likeness (QED) is 0.393. The number of amides is 1. The number of carbonyl (C=O) groups is 1. The molecule has 4 aromatic rings. The normalized spacial score (nSPS) is 15.5. The Hall–Kier alpha value is -3.16. The Balaban J connectivity index is 1.86. The van der Waals surface area contributed by atoms with Crippen molar-refractivity contribution in [3.8, 4) is 5.75 Å². The molecule has 0 radical (unpaired) electrons. The molecule has 1 unspecified atom stereocenters. The number of nitrogens with zero attached hydrogens (tertiary/aromatic N) is 2. The van der Waals surface area contributed by atoms with Crippen molar-refractivity contribution in [1.82, 2.24) is 4.98 Å². The standard InChI is InChI=1S/C24H19ClN2O4S/c1-11-9-18-15(10-16(11)25)21(28)19-20(14-7-5-6-8-17(14)30-4)27(23(29)22(19)31-18)24-26-12(2)13(3)32-24/h5-10,20H,1-4H3. The van der Waals surface area contributed by atoms with Gasteiger partial charge in [0, 0.05) is 15.5 Å². The first kappa shape index (κ1) is 20.7. The summed E-state index contributed by atoms with van der Waals surface area (Å²) in [5.41, 5.74) is 2.57. The summed E-state index contributed by atoms with van der Waals surface area (Å²) in [6.45, 7) is 5.66. The highest BCUT2D eigenvalue weighted by Gasteiger charge is 2.46. The number of fused-ring (bicyclic) bond motifs is 2. The van der Waals surface area contributed by atoms with Crippen LogP contribution < -0.4 is 15.1 Å². The molecule has 6 nitrogen and oxygen atoms in total. The van der Waals surface area contributed by atoms with Crippen LogP contribution in [0.25, 0.3) is 11.0 Å². The maximum Gasteiger partial charge on any atom is 0.297 e. The summed E-state index contributed by atoms with van der Waals surface area (Å²) in [6, 6.07) is 9.88. The van der Waals surface area contributed by atoms with Crippen molar-refractivity contribution in [3.05, 3.63) is 84.7 Å². The molecular weight excluding hydrogens is 448 g/mol.